The summed E-state index contributed by atoms with van der Waals surface area (Å²) in [4.78, 5) is 261. The van der Waals surface area contributed by atoms with Gasteiger partial charge in [0.05, 0.1) is 0 Å². The Bertz CT molecular complexity index is 4650. The van der Waals surface area contributed by atoms with Gasteiger partial charge in [-0.25, -0.2) is 0 Å². The van der Waals surface area contributed by atoms with Crippen LogP contribution in [-0.4, -0.2) is 353 Å². The Kier molecular flexibility index (Phi) is 42.7. The van der Waals surface area contributed by atoms with E-state index < -0.39 is 343 Å². The number of ether oxygens (including phenoxy) is 31. The zero-order valence-corrected chi connectivity index (χ0v) is 83.3. The molecule has 0 aromatic heterocycles. The molecule has 0 saturated carbocycles. The van der Waals surface area contributed by atoms with E-state index >= 15 is 0 Å². The number of nitrogens with zero attached hydrogens (tertiary/aromatic N) is 1. The van der Waals surface area contributed by atoms with E-state index in [0.717, 1.165) is 151 Å². The van der Waals surface area contributed by atoms with E-state index in [-0.39, 0.29) is 16.8 Å². The molecule has 0 amide bonds. The van der Waals surface area contributed by atoms with Crippen molar-refractivity contribution in [1.29, 1.82) is 0 Å². The maximum Gasteiger partial charge on any atom is 0.303 e. The molecule has 7 aliphatic rings. The topological polar surface area (TPSA) is 623 Å². The van der Waals surface area contributed by atoms with Gasteiger partial charge in [0.15, 0.2) is 105 Å². The molecule has 7 saturated heterocycles. The van der Waals surface area contributed by atoms with Crippen molar-refractivity contribution in [2.45, 2.75) is 387 Å². The average Bonchev–Trinajstić information content (AvgIpc) is 0.758. The van der Waals surface area contributed by atoms with Crippen molar-refractivity contribution in [3.63, 3.8) is 0 Å². The third-order valence-corrected chi connectivity index (χ3v) is 22.2. The van der Waals surface area contributed by atoms with Crippen LogP contribution >= 0.6 is 0 Å². The molecule has 31 atom stereocenters. The molecule has 0 spiro atoms. The summed E-state index contributed by atoms with van der Waals surface area (Å²) in [5.41, 5.74) is 0.0371. The maximum absolute atomic E-state index is 14.0. The molecule has 800 valence electrons. The van der Waals surface area contributed by atoms with Crippen molar-refractivity contribution < 1.29 is 243 Å². The highest BCUT2D eigenvalue weighted by atomic mass is 16.8. The summed E-state index contributed by atoms with van der Waals surface area (Å²) in [5.74, 6) is -21.4. The Morgan fingerprint density at radius 3 is 0.629 bits per heavy atom. The molecule has 0 radical (unpaired) electrons. The van der Waals surface area contributed by atoms with Crippen LogP contribution in [0, 0.1) is 0 Å². The quantitative estimate of drug-likeness (QED) is 0.0668. The Balaban J connectivity index is 1.23. The summed E-state index contributed by atoms with van der Waals surface area (Å²) < 4.78 is 188. The molecule has 143 heavy (non-hydrogen) atoms. The Labute approximate surface area is 820 Å². The van der Waals surface area contributed by atoms with Gasteiger partial charge < -0.3 is 147 Å². The smallest absolute Gasteiger partial charge is 0.303 e. The highest BCUT2D eigenvalue weighted by molar-refractivity contribution is 5.73. The first-order chi connectivity index (χ1) is 66.9. The van der Waals surface area contributed by atoms with Gasteiger partial charge in [-0.2, -0.15) is 5.06 Å². The lowest BCUT2D eigenvalue weighted by Gasteiger charge is -2.52. The summed E-state index contributed by atoms with van der Waals surface area (Å²) >= 11 is 0. The van der Waals surface area contributed by atoms with Crippen LogP contribution < -0.4 is 4.74 Å². The first kappa shape index (κ1) is 117. The van der Waals surface area contributed by atoms with E-state index in [1.807, 2.05) is 12.0 Å². The van der Waals surface area contributed by atoms with Crippen LogP contribution in [-0.2, 0) is 238 Å². The second-order valence-corrected chi connectivity index (χ2v) is 35.2. The fourth-order valence-corrected chi connectivity index (χ4v) is 17.1. The zero-order valence-electron chi connectivity index (χ0n) is 83.3. The Morgan fingerprint density at radius 2 is 0.427 bits per heavy atom. The third kappa shape index (κ3) is 33.8. The van der Waals surface area contributed by atoms with Gasteiger partial charge in [-0.1, -0.05) is 12.1 Å². The van der Waals surface area contributed by atoms with Crippen LogP contribution in [0.25, 0.3) is 0 Å². The van der Waals surface area contributed by atoms with Crippen molar-refractivity contribution in [2.75, 3.05) is 39.6 Å². The van der Waals surface area contributed by atoms with Crippen LogP contribution in [0.2, 0.25) is 0 Å². The third-order valence-electron chi connectivity index (χ3n) is 22.2. The van der Waals surface area contributed by atoms with E-state index in [4.69, 9.17) is 152 Å². The first-order valence-electron chi connectivity index (χ1n) is 45.4. The molecule has 7 fully saturated rings. The van der Waals surface area contributed by atoms with Gasteiger partial charge in [0.2, 0.25) is 12.4 Å². The number of benzene rings is 1. The molecular weight excluding hydrogens is 1920 g/mol. The Hall–Kier alpha value is -11.6. The maximum atomic E-state index is 14.0. The van der Waals surface area contributed by atoms with Gasteiger partial charge in [0.1, 0.15) is 119 Å². The highest BCUT2D eigenvalue weighted by Crippen LogP contribution is 2.46. The van der Waals surface area contributed by atoms with Gasteiger partial charge >= 0.3 is 113 Å². The molecule has 0 N–H and O–H groups in total. The van der Waals surface area contributed by atoms with Crippen molar-refractivity contribution in [3.8, 4) is 5.75 Å². The molecule has 0 aliphatic carbocycles. The van der Waals surface area contributed by atoms with Gasteiger partial charge in [-0.15, -0.1) is 0 Å². The number of esters is 19. The van der Waals surface area contributed by atoms with Crippen LogP contribution in [0.15, 0.2) is 24.3 Å². The molecule has 52 heteroatoms. The average molecular weight is 2050 g/mol. The Morgan fingerprint density at radius 1 is 0.252 bits per heavy atom. The molecular formula is C91H125NO51. The standard InChI is InChI=1S/C91H125NO51/c1-38(143-92-90(21,22)30-25-31-91(92,23)24)58-26-28-59(29-27-58)131-84-78(125-52(15)106)73(120-47(10)101)67(61(132-84)33-113-40(3)94)138-86-80(127-54(17)108)75(122-49(12)103)69(63(134-86)35-115-42(5)96)140-88-82(129-56(19)110)77(124-51(14)105)71(65(136-88)37-117-44(7)98)142-89-83(130-57(20)111)76(123-50(13)104)70(64(137-89)36-116-43(6)97)141-87-81(128-55(18)109)74(121-48(11)102)68(62(135-87)34-114-41(4)95)139-85-79(126-53(16)107)72(119-46(9)100)66(118-45(8)99)60(133-85)32-112-39(2)93/h26-29,38,60-89H,25,30-37H2,1-24H3/t38?,60-,61-,62-,63-,64-,65-,66-,67-,68-,69-,70-,71-,72+,73+,74+,75+,76+,77+,78-,79-,80-,81-,82-,83-,84-,85-,86-,87-,88-,89-/m1/s1. The fraction of sp³-hybridized carbons (Fsp3) is 0.725. The number of hydroxylamine groups is 2. The van der Waals surface area contributed by atoms with E-state index in [2.05, 4.69) is 27.7 Å². The highest BCUT2D eigenvalue weighted by Gasteiger charge is 2.65. The van der Waals surface area contributed by atoms with Crippen LogP contribution in [0.4, 0.5) is 0 Å². The minimum absolute atomic E-state index is 0.0724. The number of piperidine rings is 1. The normalized spacial score (nSPS) is 32.0. The number of hydrogen-bond donors (Lipinski definition) is 0. The number of carbonyl (C=O) groups is 19. The monoisotopic (exact) mass is 2050 g/mol. The summed E-state index contributed by atoms with van der Waals surface area (Å²) in [6, 6.07) is 6.50. The molecule has 1 aromatic rings. The van der Waals surface area contributed by atoms with E-state index in [9.17, 15) is 91.1 Å². The lowest BCUT2D eigenvalue weighted by Crippen LogP contribution is -2.70. The summed E-state index contributed by atoms with van der Waals surface area (Å²) in [7, 11) is 0. The summed E-state index contributed by atoms with van der Waals surface area (Å²) in [6.07, 6.45) is -61.5. The molecule has 7 aliphatic heterocycles. The van der Waals surface area contributed by atoms with Crippen LogP contribution in [0.5, 0.6) is 5.75 Å². The fourth-order valence-electron chi connectivity index (χ4n) is 17.1. The second kappa shape index (κ2) is 52.3. The largest absolute Gasteiger partial charge is 0.463 e. The van der Waals surface area contributed by atoms with Gasteiger partial charge in [-0.05, 0) is 71.6 Å². The van der Waals surface area contributed by atoms with Crippen molar-refractivity contribution >= 4 is 113 Å². The zero-order chi connectivity index (χ0) is 106. The van der Waals surface area contributed by atoms with Gasteiger partial charge in [0, 0.05) is 143 Å². The van der Waals surface area contributed by atoms with Crippen molar-refractivity contribution in [2.24, 2.45) is 0 Å². The second-order valence-electron chi connectivity index (χ2n) is 35.2. The minimum atomic E-state index is -2.44. The van der Waals surface area contributed by atoms with Crippen molar-refractivity contribution in [1.82, 2.24) is 5.06 Å². The summed E-state index contributed by atoms with van der Waals surface area (Å²) in [5, 5.41) is 2.00. The van der Waals surface area contributed by atoms with E-state index in [0.29, 0.717) is 5.56 Å². The number of carbonyl (C=O) groups excluding carboxylic acids is 19. The lowest BCUT2D eigenvalue weighted by molar-refractivity contribution is -0.396. The van der Waals surface area contributed by atoms with Crippen LogP contribution in [0.1, 0.15) is 197 Å². The lowest BCUT2D eigenvalue weighted by atomic mass is 9.82. The molecule has 52 nitrogen and oxygen atoms in total. The molecule has 1 aromatic carbocycles. The molecule has 8 rings (SSSR count). The number of rotatable bonds is 40. The predicted molar refractivity (Wildman–Crippen MR) is 459 cm³/mol. The van der Waals surface area contributed by atoms with E-state index in [1.54, 1.807) is 24.3 Å². The SMILES string of the molecule is CC(=O)OC[C@H]1O[C@H](O[C@H]2[C@H](OC(C)=O)[C@@H](OC(C)=O)[C@@H](O[C@H]3[C@H](OC(C)=O)[C@@H](OC(C)=O)[C@@H](O[C@H]4[C@H](OC(C)=O)[C@@H](OC(C)=O)[C@@H](O[C@H]5[C@H](OC(C)=O)[C@@H](OC(C)=O)[C@@H](O[C@H]6[C@H](OC(C)=O)[C@@H](OC(C)=O)[C@H](Oc7ccc(C(C)ON8C(C)(C)CCCC8(C)C)cc7)O[C@@H]6COC(C)=O)O[C@@H]5COC(C)=O)O[C@@H]4COC(C)=O)O[C@@H]3COC(C)=O)O[C@@H]2COC(C)=O)[C@H](OC(C)=O)[C@@H](OC(C)=O)[C@@H]1OC(C)=O. The number of hydrogen-bond acceptors (Lipinski definition) is 52. The van der Waals surface area contributed by atoms with Gasteiger partial charge in [-0.3, -0.25) is 95.9 Å². The summed E-state index contributed by atoms with van der Waals surface area (Å²) in [6.45, 7) is 21.4. The minimum Gasteiger partial charge on any atom is -0.463 e. The first-order valence-corrected chi connectivity index (χ1v) is 45.4. The predicted octanol–water partition coefficient (Wildman–Crippen LogP) is 1.87. The van der Waals surface area contributed by atoms with E-state index in [1.165, 1.54) is 0 Å². The van der Waals surface area contributed by atoms with Gasteiger partial charge in [0.25, 0.3) is 0 Å². The van der Waals surface area contributed by atoms with Crippen molar-refractivity contribution in [3.05, 3.63) is 29.8 Å². The molecule has 0 bridgehead atoms. The molecule has 7 heterocycles. The molecule has 1 unspecified atom stereocenters. The van der Waals surface area contributed by atoms with Crippen LogP contribution in [0.3, 0.4) is 0 Å².